The van der Waals surface area contributed by atoms with Crippen molar-refractivity contribution in [3.8, 4) is 5.75 Å². The molecular formula is C19H23NO. The Balaban J connectivity index is 2.04. The highest BCUT2D eigenvalue weighted by molar-refractivity contribution is 5.58. The van der Waals surface area contributed by atoms with Gasteiger partial charge in [-0.05, 0) is 36.5 Å². The van der Waals surface area contributed by atoms with Gasteiger partial charge in [-0.25, -0.2) is 0 Å². The van der Waals surface area contributed by atoms with Crippen molar-refractivity contribution in [3.05, 3.63) is 59.7 Å². The minimum absolute atomic E-state index is 0.232. The zero-order valence-corrected chi connectivity index (χ0v) is 12.8. The van der Waals surface area contributed by atoms with Crippen LogP contribution in [0.5, 0.6) is 5.75 Å². The van der Waals surface area contributed by atoms with Gasteiger partial charge in [-0.3, -0.25) is 0 Å². The Morgan fingerprint density at radius 3 is 2.62 bits per heavy atom. The topological polar surface area (TPSA) is 23.5 Å². The second-order valence-electron chi connectivity index (χ2n) is 6.07. The van der Waals surface area contributed by atoms with Crippen LogP contribution in [-0.4, -0.2) is 11.7 Å². The van der Waals surface area contributed by atoms with E-state index in [2.05, 4.69) is 43.0 Å². The van der Waals surface area contributed by atoms with E-state index in [0.717, 1.165) is 24.9 Å². The van der Waals surface area contributed by atoms with Crippen LogP contribution in [0.15, 0.2) is 48.5 Å². The first-order valence-corrected chi connectivity index (χ1v) is 7.83. The molecule has 0 aliphatic carbocycles. The van der Waals surface area contributed by atoms with Crippen LogP contribution in [0.4, 0.5) is 5.69 Å². The number of phenols is 1. The summed E-state index contributed by atoms with van der Waals surface area (Å²) >= 11 is 0. The number of rotatable bonds is 3. The summed E-state index contributed by atoms with van der Waals surface area (Å²) in [5.41, 5.74) is 3.78. The first-order chi connectivity index (χ1) is 10.2. The van der Waals surface area contributed by atoms with Crippen molar-refractivity contribution in [2.75, 3.05) is 11.4 Å². The molecule has 0 aromatic heterocycles. The molecule has 0 bridgehead atoms. The van der Waals surface area contributed by atoms with Crippen molar-refractivity contribution < 1.29 is 5.11 Å². The van der Waals surface area contributed by atoms with Gasteiger partial charge in [0.2, 0.25) is 0 Å². The number of phenolic OH excluding ortho intramolecular Hbond substituents is 1. The lowest BCUT2D eigenvalue weighted by Gasteiger charge is -2.40. The molecule has 3 rings (SSSR count). The lowest BCUT2D eigenvalue weighted by molar-refractivity contribution is 0.440. The van der Waals surface area contributed by atoms with Gasteiger partial charge in [-0.1, -0.05) is 50.2 Å². The van der Waals surface area contributed by atoms with Crippen LogP contribution in [0.2, 0.25) is 0 Å². The fourth-order valence-electron chi connectivity index (χ4n) is 3.51. The molecule has 2 unspecified atom stereocenters. The van der Waals surface area contributed by atoms with Crippen molar-refractivity contribution in [1.82, 2.24) is 0 Å². The Kier molecular flexibility index (Phi) is 3.87. The highest BCUT2D eigenvalue weighted by Crippen LogP contribution is 2.39. The second kappa shape index (κ2) is 5.80. The molecule has 0 radical (unpaired) electrons. The van der Waals surface area contributed by atoms with E-state index in [1.807, 2.05) is 18.2 Å². The van der Waals surface area contributed by atoms with Crippen LogP contribution in [0, 0.1) is 5.92 Å². The van der Waals surface area contributed by atoms with Crippen LogP contribution in [0.1, 0.15) is 37.4 Å². The largest absolute Gasteiger partial charge is 0.508 e. The fourth-order valence-corrected chi connectivity index (χ4v) is 3.51. The van der Waals surface area contributed by atoms with Crippen molar-refractivity contribution >= 4 is 5.69 Å². The van der Waals surface area contributed by atoms with E-state index in [4.69, 9.17) is 0 Å². The summed E-state index contributed by atoms with van der Waals surface area (Å²) in [6, 6.07) is 16.6. The predicted octanol–water partition coefficient (Wildman–Crippen LogP) is 4.54. The fraction of sp³-hybridized carbons (Fsp3) is 0.368. The number of aromatic hydroxyl groups is 1. The number of fused-ring (bicyclic) bond motifs is 1. The number of para-hydroxylation sites is 2. The van der Waals surface area contributed by atoms with Gasteiger partial charge >= 0.3 is 0 Å². The number of hydrogen-bond donors (Lipinski definition) is 1. The summed E-state index contributed by atoms with van der Waals surface area (Å²) in [6.45, 7) is 5.54. The van der Waals surface area contributed by atoms with Gasteiger partial charge in [0.1, 0.15) is 5.75 Å². The maximum absolute atomic E-state index is 10.2. The molecule has 0 fully saturated rings. The normalized spacial score (nSPS) is 19.1. The van der Waals surface area contributed by atoms with E-state index < -0.39 is 0 Å². The Morgan fingerprint density at radius 1 is 1.14 bits per heavy atom. The lowest BCUT2D eigenvalue weighted by Crippen LogP contribution is -2.37. The summed E-state index contributed by atoms with van der Waals surface area (Å²) in [7, 11) is 0. The van der Waals surface area contributed by atoms with E-state index in [9.17, 15) is 5.11 Å². The first-order valence-electron chi connectivity index (χ1n) is 7.83. The van der Waals surface area contributed by atoms with E-state index in [1.165, 1.54) is 11.3 Å². The Hall–Kier alpha value is -1.96. The number of benzene rings is 2. The van der Waals surface area contributed by atoms with Crippen LogP contribution < -0.4 is 4.90 Å². The average Bonchev–Trinajstić information content (AvgIpc) is 2.49. The van der Waals surface area contributed by atoms with E-state index >= 15 is 0 Å². The van der Waals surface area contributed by atoms with Gasteiger partial charge in [-0.15, -0.1) is 0 Å². The highest BCUT2D eigenvalue weighted by atomic mass is 16.3. The smallest absolute Gasteiger partial charge is 0.120 e. The maximum atomic E-state index is 10.2. The van der Waals surface area contributed by atoms with Gasteiger partial charge in [0, 0.05) is 17.8 Å². The summed E-state index contributed by atoms with van der Waals surface area (Å²) < 4.78 is 0. The molecule has 110 valence electrons. The van der Waals surface area contributed by atoms with Gasteiger partial charge in [0.05, 0.1) is 6.04 Å². The summed E-state index contributed by atoms with van der Waals surface area (Å²) in [6.07, 6.45) is 2.13. The highest BCUT2D eigenvalue weighted by Gasteiger charge is 2.28. The van der Waals surface area contributed by atoms with Gasteiger partial charge in [0.15, 0.2) is 0 Å². The first kappa shape index (κ1) is 14.0. The summed E-state index contributed by atoms with van der Waals surface area (Å²) in [5, 5.41) is 10.2. The SMILES string of the molecule is CCC(c1ccccc1O)N1CC(C)Cc2ccccc21. The zero-order chi connectivity index (χ0) is 14.8. The molecule has 2 nitrogen and oxygen atoms in total. The van der Waals surface area contributed by atoms with Crippen LogP contribution in [-0.2, 0) is 6.42 Å². The molecule has 1 aliphatic rings. The van der Waals surface area contributed by atoms with Crippen molar-refractivity contribution in [1.29, 1.82) is 0 Å². The minimum Gasteiger partial charge on any atom is -0.508 e. The monoisotopic (exact) mass is 281 g/mol. The number of nitrogens with zero attached hydrogens (tertiary/aromatic N) is 1. The molecule has 0 amide bonds. The van der Waals surface area contributed by atoms with Crippen molar-refractivity contribution in [2.45, 2.75) is 32.7 Å². The third-order valence-corrected chi connectivity index (χ3v) is 4.44. The molecule has 2 aromatic rings. The zero-order valence-electron chi connectivity index (χ0n) is 12.8. The molecule has 2 atom stereocenters. The molecule has 2 heteroatoms. The average molecular weight is 281 g/mol. The lowest BCUT2D eigenvalue weighted by atomic mass is 9.90. The van der Waals surface area contributed by atoms with Gasteiger partial charge in [0.25, 0.3) is 0 Å². The molecule has 2 aromatic carbocycles. The number of hydrogen-bond acceptors (Lipinski definition) is 2. The quantitative estimate of drug-likeness (QED) is 0.892. The molecule has 1 heterocycles. The molecule has 1 aliphatic heterocycles. The van der Waals surface area contributed by atoms with Crippen molar-refractivity contribution in [2.24, 2.45) is 5.92 Å². The van der Waals surface area contributed by atoms with Gasteiger partial charge in [-0.2, -0.15) is 0 Å². The third-order valence-electron chi connectivity index (χ3n) is 4.44. The number of anilines is 1. The predicted molar refractivity (Wildman–Crippen MR) is 87.8 cm³/mol. The Bertz CT molecular complexity index is 622. The van der Waals surface area contributed by atoms with Crippen molar-refractivity contribution in [3.63, 3.8) is 0 Å². The summed E-state index contributed by atoms with van der Waals surface area (Å²) in [5.74, 6) is 1.04. The Labute approximate surface area is 127 Å². The van der Waals surface area contributed by atoms with Crippen LogP contribution >= 0.6 is 0 Å². The van der Waals surface area contributed by atoms with Crippen LogP contribution in [0.3, 0.4) is 0 Å². The second-order valence-corrected chi connectivity index (χ2v) is 6.07. The van der Waals surface area contributed by atoms with Gasteiger partial charge < -0.3 is 10.0 Å². The Morgan fingerprint density at radius 2 is 1.86 bits per heavy atom. The molecule has 1 N–H and O–H groups in total. The molecule has 0 saturated heterocycles. The molecule has 21 heavy (non-hydrogen) atoms. The minimum atomic E-state index is 0.232. The third kappa shape index (κ3) is 2.63. The summed E-state index contributed by atoms with van der Waals surface area (Å²) in [4.78, 5) is 2.47. The van der Waals surface area contributed by atoms with E-state index in [-0.39, 0.29) is 6.04 Å². The molecule has 0 saturated carbocycles. The van der Waals surface area contributed by atoms with E-state index in [0.29, 0.717) is 11.7 Å². The standard InChI is InChI=1S/C19H23NO/c1-3-17(16-9-5-7-11-19(16)21)20-13-14(2)12-15-8-4-6-10-18(15)20/h4-11,14,17,21H,3,12-13H2,1-2H3. The van der Waals surface area contributed by atoms with E-state index in [1.54, 1.807) is 6.07 Å². The maximum Gasteiger partial charge on any atom is 0.120 e. The molecular weight excluding hydrogens is 258 g/mol. The van der Waals surface area contributed by atoms with Crippen LogP contribution in [0.25, 0.3) is 0 Å². The molecule has 0 spiro atoms.